The Labute approximate surface area is 121 Å². The Hall–Kier alpha value is -1.22. The van der Waals surface area contributed by atoms with E-state index in [1.54, 1.807) is 6.92 Å². The van der Waals surface area contributed by atoms with Crippen molar-refractivity contribution < 1.29 is 13.9 Å². The molecule has 1 aromatic carbocycles. The highest BCUT2D eigenvalue weighted by Gasteiger charge is 2.22. The number of benzene rings is 1. The average molecular weight is 280 g/mol. The molecule has 1 aromatic rings. The maximum Gasteiger partial charge on any atom is 0.129 e. The minimum Gasteiger partial charge on any atom is -0.381 e. The fourth-order valence-corrected chi connectivity index (χ4v) is 1.97. The van der Waals surface area contributed by atoms with Crippen LogP contribution < -0.4 is 0 Å². The lowest BCUT2D eigenvalue weighted by Crippen LogP contribution is -2.21. The maximum absolute atomic E-state index is 14.0. The van der Waals surface area contributed by atoms with E-state index < -0.39 is 5.67 Å². The molecule has 112 valence electrons. The second-order valence-electron chi connectivity index (χ2n) is 5.57. The third kappa shape index (κ3) is 8.05. The number of ketones is 1. The van der Waals surface area contributed by atoms with Crippen molar-refractivity contribution in [1.82, 2.24) is 0 Å². The van der Waals surface area contributed by atoms with Gasteiger partial charge in [0.05, 0.1) is 0 Å². The molecule has 0 fully saturated rings. The Bertz CT molecular complexity index is 387. The summed E-state index contributed by atoms with van der Waals surface area (Å²) in [4.78, 5) is 10.8. The van der Waals surface area contributed by atoms with Crippen LogP contribution in [0.15, 0.2) is 30.3 Å². The highest BCUT2D eigenvalue weighted by atomic mass is 19.1. The molecule has 0 radical (unpaired) electrons. The van der Waals surface area contributed by atoms with Gasteiger partial charge in [0, 0.05) is 26.1 Å². The number of halogens is 1. The topological polar surface area (TPSA) is 26.3 Å². The number of hydrogen-bond acceptors (Lipinski definition) is 2. The summed E-state index contributed by atoms with van der Waals surface area (Å²) >= 11 is 0. The van der Waals surface area contributed by atoms with Crippen molar-refractivity contribution in [2.45, 2.75) is 51.6 Å². The molecule has 0 aliphatic carbocycles. The molecule has 1 rings (SSSR count). The van der Waals surface area contributed by atoms with Gasteiger partial charge in [-0.15, -0.1) is 0 Å². The first-order valence-corrected chi connectivity index (χ1v) is 7.30. The SMILES string of the molecule is CC(=O)CCC(C)(F)CCOCCCc1ccccc1. The molecule has 20 heavy (non-hydrogen) atoms. The van der Waals surface area contributed by atoms with E-state index >= 15 is 0 Å². The van der Waals surface area contributed by atoms with Gasteiger partial charge in [-0.05, 0) is 38.7 Å². The van der Waals surface area contributed by atoms with Crippen LogP contribution in [0.3, 0.4) is 0 Å². The van der Waals surface area contributed by atoms with Gasteiger partial charge in [-0.3, -0.25) is 0 Å². The Morgan fingerprint density at radius 2 is 1.90 bits per heavy atom. The normalized spacial score (nSPS) is 13.9. The summed E-state index contributed by atoms with van der Waals surface area (Å²) in [5, 5.41) is 0. The van der Waals surface area contributed by atoms with E-state index in [0.717, 1.165) is 12.8 Å². The molecule has 1 atom stereocenters. The van der Waals surface area contributed by atoms with E-state index in [2.05, 4.69) is 12.1 Å². The molecule has 0 saturated heterocycles. The van der Waals surface area contributed by atoms with Crippen molar-refractivity contribution in [1.29, 1.82) is 0 Å². The van der Waals surface area contributed by atoms with Gasteiger partial charge in [0.2, 0.25) is 0 Å². The average Bonchev–Trinajstić information content (AvgIpc) is 2.42. The molecule has 0 bridgehead atoms. The van der Waals surface area contributed by atoms with Crippen LogP contribution in [-0.2, 0) is 16.0 Å². The van der Waals surface area contributed by atoms with E-state index in [-0.39, 0.29) is 12.2 Å². The summed E-state index contributed by atoms with van der Waals surface area (Å²) in [5.74, 6) is 0.0395. The van der Waals surface area contributed by atoms with Crippen LogP contribution in [0.25, 0.3) is 0 Å². The lowest BCUT2D eigenvalue weighted by Gasteiger charge is -2.19. The van der Waals surface area contributed by atoms with Crippen LogP contribution >= 0.6 is 0 Å². The second kappa shape index (κ2) is 8.85. The number of carbonyl (C=O) groups is 1. The first-order chi connectivity index (χ1) is 9.49. The van der Waals surface area contributed by atoms with Crippen molar-refractivity contribution in [3.05, 3.63) is 35.9 Å². The first-order valence-electron chi connectivity index (χ1n) is 7.30. The summed E-state index contributed by atoms with van der Waals surface area (Å²) in [6.07, 6.45) is 2.88. The maximum atomic E-state index is 14.0. The number of ether oxygens (including phenoxy) is 1. The highest BCUT2D eigenvalue weighted by molar-refractivity contribution is 5.75. The molecule has 0 aliphatic rings. The largest absolute Gasteiger partial charge is 0.381 e. The van der Waals surface area contributed by atoms with Crippen LogP contribution in [0.2, 0.25) is 0 Å². The Morgan fingerprint density at radius 3 is 2.55 bits per heavy atom. The van der Waals surface area contributed by atoms with E-state index in [9.17, 15) is 9.18 Å². The van der Waals surface area contributed by atoms with Crippen LogP contribution in [0, 0.1) is 0 Å². The lowest BCUT2D eigenvalue weighted by atomic mass is 9.97. The molecular weight excluding hydrogens is 255 g/mol. The van der Waals surface area contributed by atoms with Crippen LogP contribution in [0.4, 0.5) is 4.39 Å². The predicted molar refractivity (Wildman–Crippen MR) is 79.6 cm³/mol. The monoisotopic (exact) mass is 280 g/mol. The van der Waals surface area contributed by atoms with Crippen molar-refractivity contribution in [2.24, 2.45) is 0 Å². The molecule has 0 spiro atoms. The zero-order chi connectivity index (χ0) is 14.8. The van der Waals surface area contributed by atoms with Gasteiger partial charge in [-0.1, -0.05) is 30.3 Å². The van der Waals surface area contributed by atoms with Crippen LogP contribution in [0.1, 0.15) is 45.1 Å². The Morgan fingerprint density at radius 1 is 1.20 bits per heavy atom. The third-order valence-electron chi connectivity index (χ3n) is 3.36. The van der Waals surface area contributed by atoms with Crippen LogP contribution in [-0.4, -0.2) is 24.7 Å². The third-order valence-corrected chi connectivity index (χ3v) is 3.36. The van der Waals surface area contributed by atoms with Gasteiger partial charge in [0.15, 0.2) is 0 Å². The summed E-state index contributed by atoms with van der Waals surface area (Å²) in [7, 11) is 0. The fourth-order valence-electron chi connectivity index (χ4n) is 1.97. The smallest absolute Gasteiger partial charge is 0.129 e. The molecule has 2 nitrogen and oxygen atoms in total. The fraction of sp³-hybridized carbons (Fsp3) is 0.588. The molecule has 0 amide bonds. The minimum atomic E-state index is -1.30. The minimum absolute atomic E-state index is 0.0395. The van der Waals surface area contributed by atoms with E-state index in [4.69, 9.17) is 4.74 Å². The highest BCUT2D eigenvalue weighted by Crippen LogP contribution is 2.22. The van der Waals surface area contributed by atoms with Crippen molar-refractivity contribution in [3.8, 4) is 0 Å². The Kier molecular flexibility index (Phi) is 7.45. The molecule has 0 aromatic heterocycles. The second-order valence-corrected chi connectivity index (χ2v) is 5.57. The van der Waals surface area contributed by atoms with Gasteiger partial charge in [0.1, 0.15) is 11.5 Å². The number of alkyl halides is 1. The summed E-state index contributed by atoms with van der Waals surface area (Å²) in [6.45, 7) is 4.11. The molecule has 3 heteroatoms. The number of hydrogen-bond donors (Lipinski definition) is 0. The number of rotatable bonds is 10. The summed E-state index contributed by atoms with van der Waals surface area (Å²) < 4.78 is 19.5. The molecule has 0 N–H and O–H groups in total. The number of Topliss-reactive ketones (excluding diaryl/α,β-unsaturated/α-hetero) is 1. The van der Waals surface area contributed by atoms with Crippen LogP contribution in [0.5, 0.6) is 0 Å². The van der Waals surface area contributed by atoms with E-state index in [0.29, 0.717) is 26.1 Å². The molecule has 0 heterocycles. The molecule has 0 saturated carbocycles. The molecule has 0 aliphatic heterocycles. The van der Waals surface area contributed by atoms with Crippen molar-refractivity contribution in [2.75, 3.05) is 13.2 Å². The first kappa shape index (κ1) is 16.8. The lowest BCUT2D eigenvalue weighted by molar-refractivity contribution is -0.117. The summed E-state index contributed by atoms with van der Waals surface area (Å²) in [6, 6.07) is 10.3. The zero-order valence-electron chi connectivity index (χ0n) is 12.5. The van der Waals surface area contributed by atoms with Gasteiger partial charge in [0.25, 0.3) is 0 Å². The predicted octanol–water partition coefficient (Wildman–Crippen LogP) is 4.12. The number of carbonyl (C=O) groups excluding carboxylic acids is 1. The van der Waals surface area contributed by atoms with Gasteiger partial charge in [-0.2, -0.15) is 0 Å². The molecule has 1 unspecified atom stereocenters. The van der Waals surface area contributed by atoms with Gasteiger partial charge >= 0.3 is 0 Å². The zero-order valence-corrected chi connectivity index (χ0v) is 12.5. The molecular formula is C17H25FO2. The summed E-state index contributed by atoms with van der Waals surface area (Å²) in [5.41, 5.74) is -0.00153. The number of aryl methyl sites for hydroxylation is 1. The Balaban J connectivity index is 2.05. The van der Waals surface area contributed by atoms with Gasteiger partial charge < -0.3 is 9.53 Å². The van der Waals surface area contributed by atoms with Gasteiger partial charge in [-0.25, -0.2) is 4.39 Å². The quantitative estimate of drug-likeness (QED) is 0.603. The van der Waals surface area contributed by atoms with Crippen molar-refractivity contribution in [3.63, 3.8) is 0 Å². The standard InChI is InChI=1S/C17H25FO2/c1-15(19)10-11-17(2,18)12-14-20-13-6-9-16-7-4-3-5-8-16/h3-5,7-8H,6,9-14H2,1-2H3. The van der Waals surface area contributed by atoms with E-state index in [1.807, 2.05) is 18.2 Å². The van der Waals surface area contributed by atoms with Crippen molar-refractivity contribution >= 4 is 5.78 Å². The van der Waals surface area contributed by atoms with E-state index in [1.165, 1.54) is 12.5 Å².